The van der Waals surface area contributed by atoms with Crippen LogP contribution in [0.3, 0.4) is 0 Å². The minimum atomic E-state index is -3.63. The van der Waals surface area contributed by atoms with Crippen molar-refractivity contribution in [2.75, 3.05) is 31.1 Å². The minimum absolute atomic E-state index is 0.0932. The van der Waals surface area contributed by atoms with Crippen LogP contribution < -0.4 is 4.90 Å². The van der Waals surface area contributed by atoms with E-state index in [9.17, 15) is 8.42 Å². The molecule has 0 amide bonds. The number of para-hydroxylation sites is 1. The third kappa shape index (κ3) is 3.07. The molecule has 3 rings (SSSR count). The predicted molar refractivity (Wildman–Crippen MR) is 88.6 cm³/mol. The van der Waals surface area contributed by atoms with Crippen LogP contribution in [0.5, 0.6) is 0 Å². The van der Waals surface area contributed by atoms with Gasteiger partial charge in [-0.25, -0.2) is 8.42 Å². The molecule has 2 aromatic rings. The summed E-state index contributed by atoms with van der Waals surface area (Å²) in [7, 11) is -3.63. The molecule has 5 nitrogen and oxygen atoms in total. The van der Waals surface area contributed by atoms with E-state index in [1.807, 2.05) is 36.4 Å². The molecule has 0 atom stereocenters. The summed E-state index contributed by atoms with van der Waals surface area (Å²) in [6, 6.07) is 18.3. The molecule has 118 valence electrons. The minimum Gasteiger partial charge on any atom is -0.369 e. The molecule has 23 heavy (non-hydrogen) atoms. The molecule has 0 N–H and O–H groups in total. The van der Waals surface area contributed by atoms with Gasteiger partial charge < -0.3 is 4.90 Å². The van der Waals surface area contributed by atoms with Gasteiger partial charge >= 0.3 is 0 Å². The molecule has 0 radical (unpaired) electrons. The summed E-state index contributed by atoms with van der Waals surface area (Å²) in [5, 5.41) is 9.13. The van der Waals surface area contributed by atoms with Crippen LogP contribution in [0.25, 0.3) is 0 Å². The molecular weight excluding hydrogens is 310 g/mol. The van der Waals surface area contributed by atoms with Gasteiger partial charge in [-0.2, -0.15) is 9.57 Å². The van der Waals surface area contributed by atoms with Crippen molar-refractivity contribution in [3.63, 3.8) is 0 Å². The Morgan fingerprint density at radius 3 is 2.13 bits per heavy atom. The molecule has 1 saturated heterocycles. The Bertz CT molecular complexity index is 820. The second-order valence-corrected chi connectivity index (χ2v) is 7.24. The molecule has 0 saturated carbocycles. The molecular formula is C17H17N3O2S. The number of nitriles is 1. The van der Waals surface area contributed by atoms with Crippen LogP contribution in [0.1, 0.15) is 5.56 Å². The number of hydrogen-bond acceptors (Lipinski definition) is 4. The van der Waals surface area contributed by atoms with Crippen LogP contribution in [0.4, 0.5) is 5.69 Å². The zero-order valence-electron chi connectivity index (χ0n) is 12.6. The maximum atomic E-state index is 12.8. The van der Waals surface area contributed by atoms with Crippen molar-refractivity contribution < 1.29 is 8.42 Å². The summed E-state index contributed by atoms with van der Waals surface area (Å²) in [6.07, 6.45) is 0. The van der Waals surface area contributed by atoms with E-state index in [0.717, 1.165) is 5.69 Å². The van der Waals surface area contributed by atoms with E-state index < -0.39 is 10.0 Å². The average Bonchev–Trinajstić information content (AvgIpc) is 2.62. The second kappa shape index (κ2) is 6.41. The lowest BCUT2D eigenvalue weighted by Crippen LogP contribution is -2.48. The van der Waals surface area contributed by atoms with Gasteiger partial charge in [0.2, 0.25) is 10.0 Å². The highest BCUT2D eigenvalue weighted by atomic mass is 32.2. The Labute approximate surface area is 136 Å². The van der Waals surface area contributed by atoms with Gasteiger partial charge in [-0.05, 0) is 24.3 Å². The molecule has 0 bridgehead atoms. The van der Waals surface area contributed by atoms with Crippen molar-refractivity contribution in [1.82, 2.24) is 4.31 Å². The summed E-state index contributed by atoms with van der Waals surface area (Å²) >= 11 is 0. The van der Waals surface area contributed by atoms with Gasteiger partial charge in [-0.15, -0.1) is 0 Å². The van der Waals surface area contributed by atoms with Crippen molar-refractivity contribution in [3.05, 3.63) is 60.2 Å². The number of benzene rings is 2. The third-order valence-corrected chi connectivity index (χ3v) is 5.94. The lowest BCUT2D eigenvalue weighted by molar-refractivity contribution is 0.385. The van der Waals surface area contributed by atoms with Crippen LogP contribution in [0.15, 0.2) is 59.5 Å². The zero-order valence-corrected chi connectivity index (χ0v) is 13.4. The summed E-state index contributed by atoms with van der Waals surface area (Å²) < 4.78 is 27.0. The van der Waals surface area contributed by atoms with E-state index >= 15 is 0 Å². The summed E-state index contributed by atoms with van der Waals surface area (Å²) in [6.45, 7) is 2.10. The van der Waals surface area contributed by atoms with E-state index in [2.05, 4.69) is 4.90 Å². The van der Waals surface area contributed by atoms with Crippen molar-refractivity contribution in [1.29, 1.82) is 5.26 Å². The lowest BCUT2D eigenvalue weighted by Gasteiger charge is -2.35. The van der Waals surface area contributed by atoms with Crippen molar-refractivity contribution >= 4 is 15.7 Å². The highest BCUT2D eigenvalue weighted by molar-refractivity contribution is 7.89. The highest BCUT2D eigenvalue weighted by Crippen LogP contribution is 2.23. The summed E-state index contributed by atoms with van der Waals surface area (Å²) in [5.74, 6) is 0. The fourth-order valence-electron chi connectivity index (χ4n) is 2.75. The maximum Gasteiger partial charge on any atom is 0.244 e. The molecule has 0 aliphatic carbocycles. The first kappa shape index (κ1) is 15.5. The fraction of sp³-hybridized carbons (Fsp3) is 0.235. The van der Waals surface area contributed by atoms with Gasteiger partial charge in [0.1, 0.15) is 6.07 Å². The van der Waals surface area contributed by atoms with Crippen molar-refractivity contribution in [2.24, 2.45) is 0 Å². The number of rotatable bonds is 3. The Morgan fingerprint density at radius 2 is 1.48 bits per heavy atom. The number of anilines is 1. The van der Waals surface area contributed by atoms with Crippen molar-refractivity contribution in [2.45, 2.75) is 4.90 Å². The molecule has 0 aromatic heterocycles. The summed E-state index contributed by atoms with van der Waals surface area (Å²) in [4.78, 5) is 2.26. The maximum absolute atomic E-state index is 12.8. The van der Waals surface area contributed by atoms with Crippen LogP contribution in [0, 0.1) is 11.3 Å². The van der Waals surface area contributed by atoms with E-state index in [1.165, 1.54) is 16.4 Å². The van der Waals surface area contributed by atoms with E-state index in [0.29, 0.717) is 26.2 Å². The topological polar surface area (TPSA) is 64.4 Å². The average molecular weight is 327 g/mol. The normalized spacial score (nSPS) is 16.0. The van der Waals surface area contributed by atoms with Gasteiger partial charge in [-0.3, -0.25) is 0 Å². The number of nitrogens with zero attached hydrogens (tertiary/aromatic N) is 3. The zero-order chi connectivity index (χ0) is 16.3. The lowest BCUT2D eigenvalue weighted by atomic mass is 10.2. The van der Waals surface area contributed by atoms with E-state index in [4.69, 9.17) is 5.26 Å². The standard InChI is InChI=1S/C17H17N3O2S/c18-14-15-6-4-5-9-17(15)23(21,22)20-12-10-19(11-13-20)16-7-2-1-3-8-16/h1-9H,10-13H2. The number of hydrogen-bond donors (Lipinski definition) is 0. The Kier molecular flexibility index (Phi) is 4.33. The van der Waals surface area contributed by atoms with Crippen molar-refractivity contribution in [3.8, 4) is 6.07 Å². The van der Waals surface area contributed by atoms with E-state index in [-0.39, 0.29) is 10.5 Å². The fourth-order valence-corrected chi connectivity index (χ4v) is 4.31. The van der Waals surface area contributed by atoms with Gasteiger partial charge in [0.25, 0.3) is 0 Å². The molecule has 1 aliphatic heterocycles. The van der Waals surface area contributed by atoms with Crippen LogP contribution in [-0.4, -0.2) is 38.9 Å². The largest absolute Gasteiger partial charge is 0.369 e. The number of sulfonamides is 1. The molecule has 0 spiro atoms. The first-order chi connectivity index (χ1) is 11.1. The molecule has 2 aromatic carbocycles. The quantitative estimate of drug-likeness (QED) is 0.866. The molecule has 1 aliphatic rings. The highest BCUT2D eigenvalue weighted by Gasteiger charge is 2.30. The van der Waals surface area contributed by atoms with E-state index in [1.54, 1.807) is 12.1 Å². The Balaban J connectivity index is 1.78. The van der Waals surface area contributed by atoms with Gasteiger partial charge in [0, 0.05) is 31.9 Å². The summed E-state index contributed by atoms with van der Waals surface area (Å²) in [5.41, 5.74) is 1.29. The second-order valence-electron chi connectivity index (χ2n) is 5.33. The third-order valence-electron chi connectivity index (χ3n) is 3.99. The van der Waals surface area contributed by atoms with Crippen LogP contribution in [0.2, 0.25) is 0 Å². The SMILES string of the molecule is N#Cc1ccccc1S(=O)(=O)N1CCN(c2ccccc2)CC1. The molecule has 1 heterocycles. The monoisotopic (exact) mass is 327 g/mol. The molecule has 0 unspecified atom stereocenters. The molecule has 6 heteroatoms. The number of piperazine rings is 1. The van der Waals surface area contributed by atoms with Gasteiger partial charge in [-0.1, -0.05) is 30.3 Å². The van der Waals surface area contributed by atoms with Gasteiger partial charge in [0.05, 0.1) is 10.5 Å². The first-order valence-electron chi connectivity index (χ1n) is 7.42. The van der Waals surface area contributed by atoms with Crippen LogP contribution >= 0.6 is 0 Å². The Hall–Kier alpha value is -2.36. The first-order valence-corrected chi connectivity index (χ1v) is 8.86. The van der Waals surface area contributed by atoms with Gasteiger partial charge in [0.15, 0.2) is 0 Å². The molecule has 1 fully saturated rings. The Morgan fingerprint density at radius 1 is 0.870 bits per heavy atom. The predicted octanol–water partition coefficient (Wildman–Crippen LogP) is 2.07. The van der Waals surface area contributed by atoms with Crippen LogP contribution in [-0.2, 0) is 10.0 Å². The smallest absolute Gasteiger partial charge is 0.244 e.